The summed E-state index contributed by atoms with van der Waals surface area (Å²) in [6.45, 7) is 1.54. The number of halogens is 2. The number of rotatable bonds is 7. The molecule has 0 spiro atoms. The Balaban J connectivity index is 1.29. The van der Waals surface area contributed by atoms with Crippen molar-refractivity contribution in [1.29, 1.82) is 0 Å². The van der Waals surface area contributed by atoms with Crippen LogP contribution in [0.5, 0.6) is 11.5 Å². The highest BCUT2D eigenvalue weighted by atomic mass is 35.5. The van der Waals surface area contributed by atoms with Crippen LogP contribution in [-0.4, -0.2) is 22.3 Å². The Morgan fingerprint density at radius 1 is 1.14 bits per heavy atom. The molecule has 1 saturated heterocycles. The summed E-state index contributed by atoms with van der Waals surface area (Å²) < 4.78 is 19.7. The van der Waals surface area contributed by atoms with E-state index in [-0.39, 0.29) is 12.4 Å². The van der Waals surface area contributed by atoms with Gasteiger partial charge >= 0.3 is 0 Å². The first-order valence-corrected chi connectivity index (χ1v) is 9.88. The van der Waals surface area contributed by atoms with Gasteiger partial charge in [-0.3, -0.25) is 0 Å². The monoisotopic (exact) mass is 418 g/mol. The summed E-state index contributed by atoms with van der Waals surface area (Å²) in [6.07, 6.45) is 7.32. The fraction of sp³-hybridized carbons (Fsp3) is 0.286. The second-order valence-corrected chi connectivity index (χ2v) is 7.46. The third-order valence-electron chi connectivity index (χ3n) is 4.53. The normalized spacial score (nSPS) is 19.1. The van der Waals surface area contributed by atoms with Crippen LogP contribution in [-0.2, 0) is 16.0 Å². The molecule has 1 aromatic heterocycles. The van der Waals surface area contributed by atoms with Crippen molar-refractivity contribution in [2.24, 2.45) is 0 Å². The van der Waals surface area contributed by atoms with Gasteiger partial charge in [-0.1, -0.05) is 35.3 Å². The van der Waals surface area contributed by atoms with Gasteiger partial charge in [-0.05, 0) is 43.2 Å². The van der Waals surface area contributed by atoms with E-state index in [1.807, 2.05) is 36.8 Å². The van der Waals surface area contributed by atoms with E-state index in [0.717, 1.165) is 24.9 Å². The molecule has 1 fully saturated rings. The molecule has 2 atom stereocenters. The lowest BCUT2D eigenvalue weighted by Gasteiger charge is -2.13. The second kappa shape index (κ2) is 8.97. The molecule has 1 aliphatic rings. The smallest absolute Gasteiger partial charge is 0.184 e. The van der Waals surface area contributed by atoms with E-state index in [4.69, 9.17) is 37.4 Å². The van der Waals surface area contributed by atoms with Crippen molar-refractivity contribution in [3.63, 3.8) is 0 Å². The maximum atomic E-state index is 6.15. The number of hydrogen-bond donors (Lipinski definition) is 0. The van der Waals surface area contributed by atoms with Gasteiger partial charge in [0.2, 0.25) is 0 Å². The largest absolute Gasteiger partial charge is 0.456 e. The number of aromatic nitrogens is 2. The van der Waals surface area contributed by atoms with Crippen molar-refractivity contribution in [2.75, 3.05) is 6.61 Å². The summed E-state index contributed by atoms with van der Waals surface area (Å²) in [5, 5.41) is 1.04. The predicted octanol–water partition coefficient (Wildman–Crippen LogP) is 5.88. The maximum absolute atomic E-state index is 6.15. The van der Waals surface area contributed by atoms with Crippen molar-refractivity contribution in [1.82, 2.24) is 9.55 Å². The first-order valence-electron chi connectivity index (χ1n) is 9.13. The number of benzene rings is 2. The molecule has 0 aliphatic carbocycles. The molecule has 7 heteroatoms. The van der Waals surface area contributed by atoms with E-state index in [0.29, 0.717) is 28.2 Å². The van der Waals surface area contributed by atoms with Crippen LogP contribution in [0.25, 0.3) is 0 Å². The van der Waals surface area contributed by atoms with E-state index in [2.05, 4.69) is 9.55 Å². The maximum Gasteiger partial charge on any atom is 0.184 e. The third kappa shape index (κ3) is 4.86. The third-order valence-corrected chi connectivity index (χ3v) is 5.06. The summed E-state index contributed by atoms with van der Waals surface area (Å²) in [6, 6.07) is 12.8. The summed E-state index contributed by atoms with van der Waals surface area (Å²) in [5.41, 5.74) is 0.965. The minimum absolute atomic E-state index is 0.109. The molecular formula is C21H20Cl2N2O3. The number of imidazole rings is 1. The van der Waals surface area contributed by atoms with Crippen LogP contribution in [0.1, 0.15) is 24.7 Å². The van der Waals surface area contributed by atoms with Crippen LogP contribution in [0.2, 0.25) is 10.0 Å². The van der Waals surface area contributed by atoms with Gasteiger partial charge in [0.1, 0.15) is 11.5 Å². The summed E-state index contributed by atoms with van der Waals surface area (Å²) in [5.74, 6) is 1.24. The molecule has 28 heavy (non-hydrogen) atoms. The zero-order chi connectivity index (χ0) is 19.3. The van der Waals surface area contributed by atoms with Crippen LogP contribution in [0, 0.1) is 0 Å². The molecule has 2 heterocycles. The first-order chi connectivity index (χ1) is 13.7. The number of aryl methyl sites for hydroxylation is 1. The van der Waals surface area contributed by atoms with Crippen molar-refractivity contribution in [3.05, 3.63) is 76.8 Å². The SMILES string of the molecule is Clc1ccc(Oc2ccc(C3OCC(CCCn4ccnc4)O3)cc2)c(Cl)c1. The lowest BCUT2D eigenvalue weighted by molar-refractivity contribution is -0.0614. The van der Waals surface area contributed by atoms with Gasteiger partial charge in [0, 0.05) is 29.5 Å². The van der Waals surface area contributed by atoms with E-state index in [1.165, 1.54) is 0 Å². The molecule has 5 nitrogen and oxygen atoms in total. The average molecular weight is 419 g/mol. The van der Waals surface area contributed by atoms with Gasteiger partial charge in [-0.25, -0.2) is 4.98 Å². The van der Waals surface area contributed by atoms with Crippen LogP contribution in [0.15, 0.2) is 61.2 Å². The van der Waals surface area contributed by atoms with E-state index in [9.17, 15) is 0 Å². The van der Waals surface area contributed by atoms with Crippen molar-refractivity contribution in [2.45, 2.75) is 31.8 Å². The first kappa shape index (κ1) is 19.3. The lowest BCUT2D eigenvalue weighted by Crippen LogP contribution is -2.11. The zero-order valence-corrected chi connectivity index (χ0v) is 16.6. The van der Waals surface area contributed by atoms with Crippen LogP contribution in [0.4, 0.5) is 0 Å². The van der Waals surface area contributed by atoms with Gasteiger partial charge in [0.15, 0.2) is 6.29 Å². The summed E-state index contributed by atoms with van der Waals surface area (Å²) in [4.78, 5) is 4.05. The molecule has 0 amide bonds. The van der Waals surface area contributed by atoms with Crippen LogP contribution >= 0.6 is 23.2 Å². The molecule has 0 N–H and O–H groups in total. The van der Waals surface area contributed by atoms with Crippen molar-refractivity contribution in [3.8, 4) is 11.5 Å². The zero-order valence-electron chi connectivity index (χ0n) is 15.1. The standard InChI is InChI=1S/C21H20Cl2N2O3/c22-16-5-8-20(19(23)12-16)27-17-6-3-15(4-7-17)21-26-13-18(28-21)2-1-10-25-11-9-24-14-25/h3-9,11-12,14,18,21H,1-2,10,13H2. The molecule has 146 valence electrons. The summed E-state index contributed by atoms with van der Waals surface area (Å²) >= 11 is 12.1. The Kier molecular flexibility index (Phi) is 6.17. The minimum Gasteiger partial charge on any atom is -0.456 e. The fourth-order valence-electron chi connectivity index (χ4n) is 3.07. The average Bonchev–Trinajstić information content (AvgIpc) is 3.37. The van der Waals surface area contributed by atoms with Gasteiger partial charge in [-0.2, -0.15) is 0 Å². The molecular weight excluding hydrogens is 399 g/mol. The molecule has 0 bridgehead atoms. The Hall–Kier alpha value is -2.05. The number of hydrogen-bond acceptors (Lipinski definition) is 4. The molecule has 1 aliphatic heterocycles. The number of ether oxygens (including phenoxy) is 3. The van der Waals surface area contributed by atoms with Crippen LogP contribution in [0.3, 0.4) is 0 Å². The van der Waals surface area contributed by atoms with E-state index < -0.39 is 0 Å². The highest BCUT2D eigenvalue weighted by Gasteiger charge is 2.26. The molecule has 4 rings (SSSR count). The molecule has 3 aromatic rings. The Morgan fingerprint density at radius 3 is 2.75 bits per heavy atom. The van der Waals surface area contributed by atoms with Gasteiger partial charge < -0.3 is 18.8 Å². The van der Waals surface area contributed by atoms with Gasteiger partial charge in [-0.15, -0.1) is 0 Å². The van der Waals surface area contributed by atoms with Crippen LogP contribution < -0.4 is 4.74 Å². The molecule has 2 aromatic carbocycles. The fourth-order valence-corrected chi connectivity index (χ4v) is 3.52. The highest BCUT2D eigenvalue weighted by Crippen LogP contribution is 2.33. The van der Waals surface area contributed by atoms with Crippen molar-refractivity contribution >= 4 is 23.2 Å². The quantitative estimate of drug-likeness (QED) is 0.480. The second-order valence-electron chi connectivity index (χ2n) is 6.61. The van der Waals surface area contributed by atoms with Crippen molar-refractivity contribution < 1.29 is 14.2 Å². The molecule has 0 radical (unpaired) electrons. The highest BCUT2D eigenvalue weighted by molar-refractivity contribution is 6.35. The lowest BCUT2D eigenvalue weighted by atomic mass is 10.2. The molecule has 0 saturated carbocycles. The number of nitrogens with zero attached hydrogens (tertiary/aromatic N) is 2. The topological polar surface area (TPSA) is 45.5 Å². The van der Waals surface area contributed by atoms with Gasteiger partial charge in [0.25, 0.3) is 0 Å². The van der Waals surface area contributed by atoms with E-state index >= 15 is 0 Å². The Bertz CT molecular complexity index is 901. The van der Waals surface area contributed by atoms with Gasteiger partial charge in [0.05, 0.1) is 24.1 Å². The van der Waals surface area contributed by atoms with E-state index in [1.54, 1.807) is 24.4 Å². The predicted molar refractivity (Wildman–Crippen MR) is 108 cm³/mol. The summed E-state index contributed by atoms with van der Waals surface area (Å²) in [7, 11) is 0. The minimum atomic E-state index is -0.341. The Labute approximate surface area is 173 Å². The Morgan fingerprint density at radius 2 is 2.00 bits per heavy atom. The molecule has 2 unspecified atom stereocenters.